The van der Waals surface area contributed by atoms with Crippen molar-refractivity contribution in [2.75, 3.05) is 12.0 Å². The van der Waals surface area contributed by atoms with Crippen LogP contribution in [0.5, 0.6) is 5.75 Å². The number of ether oxygens (including phenoxy) is 1. The van der Waals surface area contributed by atoms with Gasteiger partial charge >= 0.3 is 5.91 Å². The Kier molecular flexibility index (Phi) is 6.00. The molecule has 1 amide bonds. The second kappa shape index (κ2) is 8.87. The molecule has 4 aromatic rings. The molecule has 1 N–H and O–H groups in total. The number of hydrogen-bond acceptors (Lipinski definition) is 7. The van der Waals surface area contributed by atoms with Gasteiger partial charge in [0.1, 0.15) is 17.6 Å². The first-order valence-corrected chi connectivity index (χ1v) is 12.3. The fourth-order valence-electron chi connectivity index (χ4n) is 3.85. The highest BCUT2D eigenvalue weighted by Crippen LogP contribution is 2.47. The maximum Gasteiger partial charge on any atom is 0.301 e. The number of rotatable bonds is 4. The molecule has 178 valence electrons. The smallest absolute Gasteiger partial charge is 0.301 e. The zero-order valence-corrected chi connectivity index (χ0v) is 20.7. The van der Waals surface area contributed by atoms with E-state index in [9.17, 15) is 23.5 Å². The molecule has 2 aromatic heterocycles. The van der Waals surface area contributed by atoms with Crippen LogP contribution in [-0.2, 0) is 9.59 Å². The van der Waals surface area contributed by atoms with Crippen molar-refractivity contribution in [1.29, 1.82) is 0 Å². The summed E-state index contributed by atoms with van der Waals surface area (Å²) in [6, 6.07) is 7.02. The summed E-state index contributed by atoms with van der Waals surface area (Å²) in [4.78, 5) is 32.4. The van der Waals surface area contributed by atoms with Crippen molar-refractivity contribution < 1.29 is 28.2 Å². The average molecular weight is 553 g/mol. The Labute approximate surface area is 214 Å². The molecule has 1 saturated heterocycles. The monoisotopic (exact) mass is 552 g/mol. The van der Waals surface area contributed by atoms with E-state index in [0.29, 0.717) is 4.88 Å². The van der Waals surface area contributed by atoms with E-state index in [1.54, 1.807) is 17.5 Å². The maximum atomic E-state index is 13.8. The molecule has 1 aliphatic rings. The molecule has 2 aromatic carbocycles. The highest BCUT2D eigenvalue weighted by molar-refractivity contribution is 7.22. The minimum absolute atomic E-state index is 0.0259. The average Bonchev–Trinajstić information content (AvgIpc) is 3.52. The largest absolute Gasteiger partial charge is 0.507 e. The third kappa shape index (κ3) is 3.86. The van der Waals surface area contributed by atoms with Crippen molar-refractivity contribution >= 4 is 78.7 Å². The van der Waals surface area contributed by atoms with Gasteiger partial charge in [-0.2, -0.15) is 0 Å². The van der Waals surface area contributed by atoms with Crippen molar-refractivity contribution in [3.05, 3.63) is 79.5 Å². The van der Waals surface area contributed by atoms with Crippen LogP contribution >= 0.6 is 45.9 Å². The third-order valence-corrected chi connectivity index (χ3v) is 7.79. The lowest BCUT2D eigenvalue weighted by atomic mass is 9.99. The van der Waals surface area contributed by atoms with Gasteiger partial charge in [-0.3, -0.25) is 14.5 Å². The minimum atomic E-state index is -1.09. The number of halogens is 4. The van der Waals surface area contributed by atoms with Crippen LogP contribution in [-0.4, -0.2) is 28.9 Å². The van der Waals surface area contributed by atoms with Gasteiger partial charge in [0.2, 0.25) is 0 Å². The number of ketones is 1. The van der Waals surface area contributed by atoms with Gasteiger partial charge in [-0.1, -0.05) is 40.6 Å². The van der Waals surface area contributed by atoms with Crippen molar-refractivity contribution in [2.45, 2.75) is 6.04 Å². The van der Waals surface area contributed by atoms with Crippen molar-refractivity contribution in [3.63, 3.8) is 0 Å². The van der Waals surface area contributed by atoms with E-state index < -0.39 is 35.1 Å². The second-order valence-electron chi connectivity index (χ2n) is 7.38. The number of amides is 1. The van der Waals surface area contributed by atoms with Gasteiger partial charge in [-0.25, -0.2) is 13.8 Å². The normalized spacial score (nSPS) is 17.5. The Bertz CT molecular complexity index is 1510. The zero-order valence-electron chi connectivity index (χ0n) is 17.5. The van der Waals surface area contributed by atoms with Gasteiger partial charge in [-0.15, -0.1) is 11.3 Å². The standard InChI is InChI=1S/C23H12Cl2F2N2O4S2/c1-33-21-10(5-9(24)6-11(21)25)19(30)17-18(15-3-2-4-34-15)29(22(32)20(17)31)23-28-14-7-12(26)13(27)8-16(14)35-23/h2-8,18,30H,1H3/b19-17+. The SMILES string of the molecule is COc1c(Cl)cc(Cl)cc1/C(O)=C1\C(=O)C(=O)N(c2nc3cc(F)c(F)cc3s2)C1c1cccs1. The van der Waals surface area contributed by atoms with E-state index in [4.69, 9.17) is 27.9 Å². The number of carbonyl (C=O) groups excluding carboxylic acids is 2. The van der Waals surface area contributed by atoms with Gasteiger partial charge in [0.05, 0.1) is 33.5 Å². The van der Waals surface area contributed by atoms with Crippen LogP contribution in [0.2, 0.25) is 10.0 Å². The molecule has 0 saturated carbocycles. The van der Waals surface area contributed by atoms with Crippen molar-refractivity contribution in [2.24, 2.45) is 0 Å². The molecule has 3 heterocycles. The van der Waals surface area contributed by atoms with E-state index in [0.717, 1.165) is 28.4 Å². The summed E-state index contributed by atoms with van der Waals surface area (Å²) in [6.07, 6.45) is 0. The molecule has 12 heteroatoms. The molecule has 5 rings (SSSR count). The molecule has 0 aliphatic carbocycles. The number of aromatic nitrogens is 1. The highest BCUT2D eigenvalue weighted by atomic mass is 35.5. The number of hydrogen-bond donors (Lipinski definition) is 1. The molecule has 1 aliphatic heterocycles. The number of methoxy groups -OCH3 is 1. The Morgan fingerprint density at radius 3 is 2.60 bits per heavy atom. The molecule has 1 fully saturated rings. The molecular weight excluding hydrogens is 541 g/mol. The van der Waals surface area contributed by atoms with Crippen LogP contribution in [0.3, 0.4) is 0 Å². The Hall–Kier alpha value is -3.05. The summed E-state index contributed by atoms with van der Waals surface area (Å²) in [5.41, 5.74) is -0.0808. The first-order valence-electron chi connectivity index (χ1n) is 9.84. The third-order valence-electron chi connectivity index (χ3n) is 5.35. The van der Waals surface area contributed by atoms with Gasteiger partial charge < -0.3 is 9.84 Å². The number of thiazole rings is 1. The number of thiophene rings is 1. The van der Waals surface area contributed by atoms with Crippen LogP contribution in [0, 0.1) is 11.6 Å². The number of aliphatic hydroxyl groups excluding tert-OH is 1. The summed E-state index contributed by atoms with van der Waals surface area (Å²) in [6.45, 7) is 0. The van der Waals surface area contributed by atoms with Gasteiger partial charge in [-0.05, 0) is 29.6 Å². The highest BCUT2D eigenvalue weighted by Gasteiger charge is 2.49. The van der Waals surface area contributed by atoms with Crippen molar-refractivity contribution in [3.8, 4) is 5.75 Å². The van der Waals surface area contributed by atoms with Crippen LogP contribution in [0.25, 0.3) is 16.0 Å². The Balaban J connectivity index is 1.75. The first kappa shape index (κ1) is 23.7. The summed E-state index contributed by atoms with van der Waals surface area (Å²) >= 11 is 14.5. The Morgan fingerprint density at radius 1 is 1.17 bits per heavy atom. The zero-order chi connectivity index (χ0) is 25.0. The predicted molar refractivity (Wildman–Crippen MR) is 132 cm³/mol. The molecule has 1 atom stereocenters. The Morgan fingerprint density at radius 2 is 1.91 bits per heavy atom. The lowest BCUT2D eigenvalue weighted by Crippen LogP contribution is -2.28. The molecule has 0 bridgehead atoms. The van der Waals surface area contributed by atoms with E-state index in [1.807, 2.05) is 0 Å². The minimum Gasteiger partial charge on any atom is -0.507 e. The molecular formula is C23H12Cl2F2N2O4S2. The van der Waals surface area contributed by atoms with Crippen LogP contribution < -0.4 is 9.64 Å². The van der Waals surface area contributed by atoms with Crippen LogP contribution in [0.4, 0.5) is 13.9 Å². The quantitative estimate of drug-likeness (QED) is 0.176. The summed E-state index contributed by atoms with van der Waals surface area (Å²) in [5, 5.41) is 13.3. The fourth-order valence-corrected chi connectivity index (χ4v) is 6.24. The maximum absolute atomic E-state index is 13.8. The van der Waals surface area contributed by atoms with Gasteiger partial charge in [0, 0.05) is 16.0 Å². The lowest BCUT2D eigenvalue weighted by Gasteiger charge is -2.21. The fraction of sp³-hybridized carbons (Fsp3) is 0.0870. The molecule has 1 unspecified atom stereocenters. The summed E-state index contributed by atoms with van der Waals surface area (Å²) in [5.74, 6) is -4.56. The summed E-state index contributed by atoms with van der Waals surface area (Å²) in [7, 11) is 1.33. The van der Waals surface area contributed by atoms with Crippen LogP contribution in [0.15, 0.2) is 47.4 Å². The van der Waals surface area contributed by atoms with E-state index >= 15 is 0 Å². The number of aliphatic hydroxyl groups is 1. The number of benzene rings is 2. The number of anilines is 1. The van der Waals surface area contributed by atoms with Gasteiger partial charge in [0.15, 0.2) is 16.8 Å². The van der Waals surface area contributed by atoms with E-state index in [-0.39, 0.29) is 42.3 Å². The summed E-state index contributed by atoms with van der Waals surface area (Å²) < 4.78 is 33.1. The molecule has 0 radical (unpaired) electrons. The topological polar surface area (TPSA) is 79.7 Å². The number of fused-ring (bicyclic) bond motifs is 1. The van der Waals surface area contributed by atoms with Crippen LogP contribution in [0.1, 0.15) is 16.5 Å². The molecule has 6 nitrogen and oxygen atoms in total. The predicted octanol–water partition coefficient (Wildman–Crippen LogP) is 6.58. The molecule has 35 heavy (non-hydrogen) atoms. The number of nitrogens with zero attached hydrogens (tertiary/aromatic N) is 2. The molecule has 0 spiro atoms. The first-order chi connectivity index (χ1) is 16.7. The van der Waals surface area contributed by atoms with E-state index in [1.165, 1.54) is 30.6 Å². The van der Waals surface area contributed by atoms with Crippen molar-refractivity contribution in [1.82, 2.24) is 4.98 Å². The number of carbonyl (C=O) groups is 2. The lowest BCUT2D eigenvalue weighted by molar-refractivity contribution is -0.132. The van der Waals surface area contributed by atoms with E-state index in [2.05, 4.69) is 4.98 Å². The number of Topliss-reactive ketones (excluding diaryl/α,β-unsaturated/α-hetero) is 1. The second-order valence-corrected chi connectivity index (χ2v) is 10.2. The van der Waals surface area contributed by atoms with Gasteiger partial charge in [0.25, 0.3) is 5.78 Å².